The first-order chi connectivity index (χ1) is 15.7. The molecule has 1 aliphatic heterocycles. The van der Waals surface area contributed by atoms with Crippen molar-refractivity contribution in [3.8, 4) is 17.0 Å². The van der Waals surface area contributed by atoms with Crippen LogP contribution in [0.2, 0.25) is 0 Å². The van der Waals surface area contributed by atoms with Crippen LogP contribution in [-0.2, 0) is 13.0 Å². The van der Waals surface area contributed by atoms with E-state index >= 15 is 0 Å². The summed E-state index contributed by atoms with van der Waals surface area (Å²) >= 11 is 0. The molecule has 1 saturated heterocycles. The number of hydrogen-bond donors (Lipinski definition) is 2. The van der Waals surface area contributed by atoms with Crippen molar-refractivity contribution in [2.45, 2.75) is 32.4 Å². The number of likely N-dealkylation sites (N-methyl/N-ethyl adjacent to an activating group) is 1. The smallest absolute Gasteiger partial charge is 0.223 e. The lowest BCUT2D eigenvalue weighted by molar-refractivity contribution is 0.210. The van der Waals surface area contributed by atoms with Crippen LogP contribution < -0.4 is 15.4 Å². The summed E-state index contributed by atoms with van der Waals surface area (Å²) in [4.78, 5) is 11.7. The monoisotopic (exact) mass is 431 g/mol. The van der Waals surface area contributed by atoms with Crippen LogP contribution in [0.25, 0.3) is 11.3 Å². The van der Waals surface area contributed by atoms with Crippen LogP contribution in [-0.4, -0.2) is 54.2 Å². The maximum Gasteiger partial charge on any atom is 0.223 e. The van der Waals surface area contributed by atoms with Crippen molar-refractivity contribution in [1.82, 2.24) is 20.2 Å². The first-order valence-corrected chi connectivity index (χ1v) is 11.5. The average Bonchev–Trinajstić information content (AvgIpc) is 3.38. The fourth-order valence-electron chi connectivity index (χ4n) is 4.26. The minimum Gasteiger partial charge on any atom is -0.497 e. The number of benzene rings is 2. The van der Waals surface area contributed by atoms with Gasteiger partial charge in [-0.15, -0.1) is 0 Å². The summed E-state index contributed by atoms with van der Waals surface area (Å²) in [7, 11) is 1.69. The Morgan fingerprint density at radius 3 is 2.81 bits per heavy atom. The van der Waals surface area contributed by atoms with Crippen molar-refractivity contribution in [1.29, 1.82) is 0 Å². The van der Waals surface area contributed by atoms with Crippen molar-refractivity contribution < 1.29 is 4.74 Å². The summed E-state index contributed by atoms with van der Waals surface area (Å²) in [6.07, 6.45) is 3.93. The summed E-state index contributed by atoms with van der Waals surface area (Å²) in [6.45, 7) is 7.24. The van der Waals surface area contributed by atoms with E-state index in [0.29, 0.717) is 12.0 Å². The molecular weight excluding hydrogens is 398 g/mol. The van der Waals surface area contributed by atoms with E-state index in [0.717, 1.165) is 56.2 Å². The fourth-order valence-corrected chi connectivity index (χ4v) is 4.26. The zero-order chi connectivity index (χ0) is 22.2. The Morgan fingerprint density at radius 1 is 1.12 bits per heavy atom. The van der Waals surface area contributed by atoms with E-state index in [2.05, 4.69) is 63.8 Å². The van der Waals surface area contributed by atoms with Gasteiger partial charge in [0.1, 0.15) is 5.75 Å². The first kappa shape index (κ1) is 22.2. The van der Waals surface area contributed by atoms with Crippen molar-refractivity contribution in [2.24, 2.45) is 0 Å². The van der Waals surface area contributed by atoms with Crippen LogP contribution in [0.4, 0.5) is 5.95 Å². The van der Waals surface area contributed by atoms with Gasteiger partial charge in [0.25, 0.3) is 0 Å². The van der Waals surface area contributed by atoms with E-state index in [1.807, 2.05) is 24.4 Å². The Bertz CT molecular complexity index is 1000. The normalized spacial score (nSPS) is 15.8. The molecule has 168 valence electrons. The fraction of sp³-hybridized carbons (Fsp3) is 0.385. The zero-order valence-corrected chi connectivity index (χ0v) is 19.1. The molecule has 0 bridgehead atoms. The summed E-state index contributed by atoms with van der Waals surface area (Å²) in [5.74, 6) is 1.54. The molecule has 32 heavy (non-hydrogen) atoms. The Labute approximate surface area is 191 Å². The molecule has 0 spiro atoms. The molecule has 3 aromatic rings. The maximum atomic E-state index is 5.30. The quantitative estimate of drug-likeness (QED) is 0.506. The molecule has 1 aromatic heterocycles. The highest BCUT2D eigenvalue weighted by molar-refractivity contribution is 5.61. The summed E-state index contributed by atoms with van der Waals surface area (Å²) < 4.78 is 5.30. The van der Waals surface area contributed by atoms with E-state index in [1.165, 1.54) is 17.5 Å². The van der Waals surface area contributed by atoms with E-state index in [4.69, 9.17) is 9.72 Å². The second kappa shape index (κ2) is 11.1. The highest BCUT2D eigenvalue weighted by Gasteiger charge is 2.21. The number of hydrogen-bond acceptors (Lipinski definition) is 6. The number of methoxy groups -OCH3 is 1. The van der Waals surface area contributed by atoms with E-state index in [1.54, 1.807) is 7.11 Å². The standard InChI is InChI=1S/C26H33N5O/c1-3-31(23-11-13-27-18-23)19-21-7-4-8-22(16-21)25-12-15-29-26(30-25)28-14-10-20-6-5-9-24(17-20)32-2/h4-9,12,15-17,23,27H,3,10-11,13-14,18-19H2,1-2H3,(H,28,29,30)/t23-/m1/s1. The second-order valence-electron chi connectivity index (χ2n) is 8.20. The van der Waals surface area contributed by atoms with E-state index < -0.39 is 0 Å². The molecular formula is C26H33N5O. The van der Waals surface area contributed by atoms with Crippen LogP contribution in [0.1, 0.15) is 24.5 Å². The molecule has 2 aromatic carbocycles. The van der Waals surface area contributed by atoms with Crippen LogP contribution >= 0.6 is 0 Å². The molecule has 2 heterocycles. The van der Waals surface area contributed by atoms with E-state index in [-0.39, 0.29) is 0 Å². The number of rotatable bonds is 10. The van der Waals surface area contributed by atoms with Gasteiger partial charge in [-0.3, -0.25) is 4.90 Å². The molecule has 4 rings (SSSR count). The highest BCUT2D eigenvalue weighted by atomic mass is 16.5. The number of ether oxygens (including phenoxy) is 1. The molecule has 0 amide bonds. The van der Waals surface area contributed by atoms with Crippen molar-refractivity contribution in [3.05, 3.63) is 71.9 Å². The Balaban J connectivity index is 1.39. The summed E-state index contributed by atoms with van der Waals surface area (Å²) in [5, 5.41) is 6.83. The van der Waals surface area contributed by atoms with Gasteiger partial charge >= 0.3 is 0 Å². The molecule has 1 atom stereocenters. The highest BCUT2D eigenvalue weighted by Crippen LogP contribution is 2.21. The topological polar surface area (TPSA) is 62.3 Å². The van der Waals surface area contributed by atoms with E-state index in [9.17, 15) is 0 Å². The average molecular weight is 432 g/mol. The minimum atomic E-state index is 0.628. The van der Waals surface area contributed by atoms with Crippen molar-refractivity contribution in [3.63, 3.8) is 0 Å². The Hall–Kier alpha value is -2.96. The maximum absolute atomic E-state index is 5.30. The second-order valence-corrected chi connectivity index (χ2v) is 8.20. The van der Waals surface area contributed by atoms with Crippen molar-refractivity contribution in [2.75, 3.05) is 38.6 Å². The van der Waals surface area contributed by atoms with Gasteiger partial charge in [0.2, 0.25) is 5.95 Å². The third kappa shape index (κ3) is 5.84. The largest absolute Gasteiger partial charge is 0.497 e. The van der Waals surface area contributed by atoms with Gasteiger partial charge in [0.15, 0.2) is 0 Å². The van der Waals surface area contributed by atoms with Gasteiger partial charge in [-0.05, 0) is 61.3 Å². The van der Waals surface area contributed by atoms with Gasteiger partial charge in [-0.1, -0.05) is 37.3 Å². The molecule has 6 heteroatoms. The predicted molar refractivity (Wildman–Crippen MR) is 130 cm³/mol. The summed E-state index contributed by atoms with van der Waals surface area (Å²) in [6, 6.07) is 19.5. The van der Waals surface area contributed by atoms with Gasteiger partial charge in [0, 0.05) is 37.4 Å². The first-order valence-electron chi connectivity index (χ1n) is 11.5. The molecule has 0 unspecified atom stereocenters. The molecule has 0 saturated carbocycles. The molecule has 1 fully saturated rings. The molecule has 0 radical (unpaired) electrons. The van der Waals surface area contributed by atoms with Gasteiger partial charge in [0.05, 0.1) is 12.8 Å². The minimum absolute atomic E-state index is 0.628. The third-order valence-corrected chi connectivity index (χ3v) is 6.05. The number of aromatic nitrogens is 2. The molecule has 6 nitrogen and oxygen atoms in total. The van der Waals surface area contributed by atoms with Crippen LogP contribution in [0, 0.1) is 0 Å². The predicted octanol–water partition coefficient (Wildman–Crippen LogP) is 3.99. The molecule has 0 aliphatic carbocycles. The van der Waals surface area contributed by atoms with Gasteiger partial charge < -0.3 is 15.4 Å². The van der Waals surface area contributed by atoms with Crippen LogP contribution in [0.3, 0.4) is 0 Å². The van der Waals surface area contributed by atoms with Gasteiger partial charge in [-0.2, -0.15) is 0 Å². The number of nitrogens with one attached hydrogen (secondary N) is 2. The Morgan fingerprint density at radius 2 is 2.00 bits per heavy atom. The summed E-state index contributed by atoms with van der Waals surface area (Å²) in [5.41, 5.74) is 4.61. The zero-order valence-electron chi connectivity index (χ0n) is 19.1. The Kier molecular flexibility index (Phi) is 7.69. The lowest BCUT2D eigenvalue weighted by atomic mass is 10.1. The lowest BCUT2D eigenvalue weighted by Crippen LogP contribution is -2.36. The lowest BCUT2D eigenvalue weighted by Gasteiger charge is -2.27. The van der Waals surface area contributed by atoms with Crippen molar-refractivity contribution >= 4 is 5.95 Å². The van der Waals surface area contributed by atoms with Gasteiger partial charge in [-0.25, -0.2) is 9.97 Å². The van der Waals surface area contributed by atoms with Crippen LogP contribution in [0.5, 0.6) is 5.75 Å². The van der Waals surface area contributed by atoms with Crippen LogP contribution in [0.15, 0.2) is 60.8 Å². The number of nitrogens with zero attached hydrogens (tertiary/aromatic N) is 3. The number of anilines is 1. The molecule has 2 N–H and O–H groups in total. The SMILES string of the molecule is CCN(Cc1cccc(-c2ccnc(NCCc3cccc(OC)c3)n2)c1)[C@@H]1CCNC1. The third-order valence-electron chi connectivity index (χ3n) is 6.05. The molecule has 1 aliphatic rings.